The minimum atomic E-state index is 0.0937. The van der Waals surface area contributed by atoms with Crippen molar-refractivity contribution in [1.29, 1.82) is 0 Å². The number of carbonyl (C=O) groups excluding carboxylic acids is 1. The summed E-state index contributed by atoms with van der Waals surface area (Å²) in [6.45, 7) is 3.50. The smallest absolute Gasteiger partial charge is 0.139 e. The fraction of sp³-hybridized carbons (Fsp3) is 0.923. The third-order valence-corrected chi connectivity index (χ3v) is 3.39. The first kappa shape index (κ1) is 13.7. The van der Waals surface area contributed by atoms with Gasteiger partial charge in [0.15, 0.2) is 0 Å². The summed E-state index contributed by atoms with van der Waals surface area (Å²) in [5.41, 5.74) is 0. The molecule has 1 aliphatic heterocycles. The lowest BCUT2D eigenvalue weighted by Crippen LogP contribution is -2.36. The Morgan fingerprint density at radius 3 is 2.69 bits per heavy atom. The molecule has 0 aromatic rings. The van der Waals surface area contributed by atoms with E-state index < -0.39 is 0 Å². The number of likely N-dealkylation sites (N-methyl/N-ethyl adjacent to an activating group) is 1. The highest BCUT2D eigenvalue weighted by atomic mass is 16.5. The lowest BCUT2D eigenvalue weighted by atomic mass is 9.94. The largest absolute Gasteiger partial charge is 0.379 e. The number of ketones is 1. The van der Waals surface area contributed by atoms with Gasteiger partial charge in [-0.2, -0.15) is 0 Å². The molecule has 0 aliphatic carbocycles. The van der Waals surface area contributed by atoms with Gasteiger partial charge in [-0.25, -0.2) is 0 Å². The summed E-state index contributed by atoms with van der Waals surface area (Å²) in [7, 11) is 1.90. The molecule has 0 bridgehead atoms. The van der Waals surface area contributed by atoms with Crippen LogP contribution in [0.5, 0.6) is 0 Å². The lowest BCUT2D eigenvalue weighted by Gasteiger charge is -2.15. The molecule has 1 aliphatic rings. The Morgan fingerprint density at radius 2 is 2.00 bits per heavy atom. The van der Waals surface area contributed by atoms with Gasteiger partial charge in [0.1, 0.15) is 5.78 Å². The zero-order valence-electron chi connectivity index (χ0n) is 10.6. The van der Waals surface area contributed by atoms with E-state index in [9.17, 15) is 4.79 Å². The molecule has 3 nitrogen and oxygen atoms in total. The van der Waals surface area contributed by atoms with E-state index in [1.165, 1.54) is 25.7 Å². The monoisotopic (exact) mass is 227 g/mol. The van der Waals surface area contributed by atoms with Gasteiger partial charge in [-0.1, -0.05) is 32.6 Å². The summed E-state index contributed by atoms with van der Waals surface area (Å²) < 4.78 is 5.34. The van der Waals surface area contributed by atoms with Crippen molar-refractivity contribution in [3.8, 4) is 0 Å². The zero-order valence-corrected chi connectivity index (χ0v) is 10.6. The first-order valence-electron chi connectivity index (χ1n) is 6.57. The van der Waals surface area contributed by atoms with Gasteiger partial charge in [0.05, 0.1) is 19.1 Å². The van der Waals surface area contributed by atoms with Crippen LogP contribution < -0.4 is 5.32 Å². The molecule has 0 aromatic heterocycles. The van der Waals surface area contributed by atoms with Gasteiger partial charge in [-0.3, -0.25) is 4.79 Å². The van der Waals surface area contributed by atoms with E-state index in [0.29, 0.717) is 19.0 Å². The van der Waals surface area contributed by atoms with Crippen molar-refractivity contribution >= 4 is 5.78 Å². The van der Waals surface area contributed by atoms with Gasteiger partial charge in [-0.05, 0) is 13.5 Å². The van der Waals surface area contributed by atoms with Crippen LogP contribution in [0.1, 0.15) is 45.4 Å². The van der Waals surface area contributed by atoms with Crippen molar-refractivity contribution < 1.29 is 9.53 Å². The molecular formula is C13H25NO2. The number of nitrogens with one attached hydrogen (secondary N) is 1. The molecular weight excluding hydrogens is 202 g/mol. The van der Waals surface area contributed by atoms with Gasteiger partial charge in [0.25, 0.3) is 0 Å². The molecule has 1 N–H and O–H groups in total. The van der Waals surface area contributed by atoms with Crippen LogP contribution in [-0.2, 0) is 9.53 Å². The van der Waals surface area contributed by atoms with Crippen LogP contribution in [0.3, 0.4) is 0 Å². The maximum absolute atomic E-state index is 11.9. The molecule has 1 fully saturated rings. The van der Waals surface area contributed by atoms with E-state index in [-0.39, 0.29) is 12.0 Å². The van der Waals surface area contributed by atoms with E-state index in [1.807, 2.05) is 7.05 Å². The van der Waals surface area contributed by atoms with Crippen LogP contribution in [0, 0.1) is 5.92 Å². The number of hydrogen-bond donors (Lipinski definition) is 1. The predicted molar refractivity (Wildman–Crippen MR) is 65.5 cm³/mol. The molecule has 1 heterocycles. The number of Topliss-reactive ketones (excluding diaryl/α,β-unsaturated/α-hetero) is 1. The van der Waals surface area contributed by atoms with E-state index in [4.69, 9.17) is 4.74 Å². The highest BCUT2D eigenvalue weighted by Crippen LogP contribution is 2.17. The third-order valence-electron chi connectivity index (χ3n) is 3.39. The second-order valence-electron chi connectivity index (χ2n) is 4.67. The Morgan fingerprint density at radius 1 is 1.25 bits per heavy atom. The third kappa shape index (κ3) is 4.22. The van der Waals surface area contributed by atoms with Crippen LogP contribution in [0.2, 0.25) is 0 Å². The molecule has 2 unspecified atom stereocenters. The van der Waals surface area contributed by atoms with Crippen LogP contribution in [-0.4, -0.2) is 32.1 Å². The Bertz CT molecular complexity index is 206. The Hall–Kier alpha value is -0.410. The van der Waals surface area contributed by atoms with E-state index in [1.54, 1.807) is 0 Å². The summed E-state index contributed by atoms with van der Waals surface area (Å²) in [6.07, 6.45) is 6.78. The molecule has 1 rings (SSSR count). The SMILES string of the molecule is CCCCCCCC(=O)C1COCC1NC. The molecule has 94 valence electrons. The van der Waals surface area contributed by atoms with Crippen LogP contribution in [0.15, 0.2) is 0 Å². The second-order valence-corrected chi connectivity index (χ2v) is 4.67. The van der Waals surface area contributed by atoms with E-state index in [0.717, 1.165) is 12.8 Å². The lowest BCUT2D eigenvalue weighted by molar-refractivity contribution is -0.123. The number of rotatable bonds is 8. The Balaban J connectivity index is 2.14. The number of carbonyl (C=O) groups is 1. The summed E-state index contributed by atoms with van der Waals surface area (Å²) in [6, 6.07) is 0.239. The summed E-state index contributed by atoms with van der Waals surface area (Å²) in [5.74, 6) is 0.476. The van der Waals surface area contributed by atoms with Crippen molar-refractivity contribution in [2.24, 2.45) is 5.92 Å². The van der Waals surface area contributed by atoms with Crippen LogP contribution in [0.25, 0.3) is 0 Å². The van der Waals surface area contributed by atoms with Gasteiger partial charge >= 0.3 is 0 Å². The summed E-state index contributed by atoms with van der Waals surface area (Å²) in [4.78, 5) is 11.9. The van der Waals surface area contributed by atoms with Crippen molar-refractivity contribution in [1.82, 2.24) is 5.32 Å². The molecule has 0 radical (unpaired) electrons. The van der Waals surface area contributed by atoms with Crippen LogP contribution in [0.4, 0.5) is 0 Å². The average Bonchev–Trinajstić information content (AvgIpc) is 2.76. The molecule has 0 spiro atoms. The van der Waals surface area contributed by atoms with Crippen molar-refractivity contribution in [3.05, 3.63) is 0 Å². The van der Waals surface area contributed by atoms with Crippen LogP contribution >= 0.6 is 0 Å². The Labute approximate surface area is 98.9 Å². The standard InChI is InChI=1S/C13H25NO2/c1-3-4-5-6-7-8-13(15)11-9-16-10-12(11)14-2/h11-12,14H,3-10H2,1-2H3. The molecule has 2 atom stereocenters. The molecule has 0 saturated carbocycles. The van der Waals surface area contributed by atoms with Crippen molar-refractivity contribution in [2.45, 2.75) is 51.5 Å². The van der Waals surface area contributed by atoms with Gasteiger partial charge in [-0.15, -0.1) is 0 Å². The highest BCUT2D eigenvalue weighted by molar-refractivity contribution is 5.82. The molecule has 0 aromatic carbocycles. The predicted octanol–water partition coefficient (Wildman–Crippen LogP) is 2.15. The second kappa shape index (κ2) is 7.80. The minimum absolute atomic E-state index is 0.0937. The molecule has 1 saturated heterocycles. The van der Waals surface area contributed by atoms with Gasteiger partial charge in [0.2, 0.25) is 0 Å². The van der Waals surface area contributed by atoms with Crippen molar-refractivity contribution in [3.63, 3.8) is 0 Å². The number of hydrogen-bond acceptors (Lipinski definition) is 3. The molecule has 16 heavy (non-hydrogen) atoms. The fourth-order valence-corrected chi connectivity index (χ4v) is 2.24. The van der Waals surface area contributed by atoms with Gasteiger partial charge in [0, 0.05) is 12.5 Å². The average molecular weight is 227 g/mol. The highest BCUT2D eigenvalue weighted by Gasteiger charge is 2.31. The maximum atomic E-state index is 11.9. The topological polar surface area (TPSA) is 38.3 Å². The molecule has 0 amide bonds. The summed E-state index contributed by atoms with van der Waals surface area (Å²) >= 11 is 0. The maximum Gasteiger partial charge on any atom is 0.139 e. The zero-order chi connectivity index (χ0) is 11.8. The number of unbranched alkanes of at least 4 members (excludes halogenated alkanes) is 4. The van der Waals surface area contributed by atoms with Gasteiger partial charge < -0.3 is 10.1 Å². The quantitative estimate of drug-likeness (QED) is 0.646. The normalized spacial score (nSPS) is 24.9. The van der Waals surface area contributed by atoms with E-state index >= 15 is 0 Å². The van der Waals surface area contributed by atoms with Crippen molar-refractivity contribution in [2.75, 3.05) is 20.3 Å². The fourth-order valence-electron chi connectivity index (χ4n) is 2.24. The van der Waals surface area contributed by atoms with E-state index in [2.05, 4.69) is 12.2 Å². The summed E-state index contributed by atoms with van der Waals surface area (Å²) in [5, 5.41) is 3.16. The Kier molecular flexibility index (Phi) is 6.65. The first-order chi connectivity index (χ1) is 7.79. The molecule has 3 heteroatoms. The number of ether oxygens (including phenoxy) is 1. The first-order valence-corrected chi connectivity index (χ1v) is 6.57. The minimum Gasteiger partial charge on any atom is -0.379 e.